The fourth-order valence-corrected chi connectivity index (χ4v) is 3.13. The van der Waals surface area contributed by atoms with E-state index in [9.17, 15) is 14.7 Å². The number of carbonyl (C=O) groups excluding carboxylic acids is 1. The molecule has 1 saturated heterocycles. The van der Waals surface area contributed by atoms with Crippen molar-refractivity contribution in [1.82, 2.24) is 9.58 Å². The number of hydrogen-bond donors (Lipinski definition) is 2. The highest BCUT2D eigenvalue weighted by atomic mass is 16.5. The number of nitrogens with zero attached hydrogens (tertiary/aromatic N) is 2. The number of hydrogen-bond acceptors (Lipinski definition) is 6. The summed E-state index contributed by atoms with van der Waals surface area (Å²) in [6.07, 6.45) is 4.31. The molecule has 1 saturated carbocycles. The van der Waals surface area contributed by atoms with Gasteiger partial charge in [-0.15, -0.1) is 0 Å². The van der Waals surface area contributed by atoms with Crippen molar-refractivity contribution in [3.63, 3.8) is 0 Å². The SMILES string of the molecule is O=C1c2c(O)c(=O)ccn2NCN1C1CCOCC1OC1CC1. The first-order valence-corrected chi connectivity index (χ1v) is 7.88. The van der Waals surface area contributed by atoms with E-state index in [-0.39, 0.29) is 29.9 Å². The Morgan fingerprint density at radius 2 is 2.13 bits per heavy atom. The fraction of sp³-hybridized carbons (Fsp3) is 0.600. The van der Waals surface area contributed by atoms with Gasteiger partial charge in [0.25, 0.3) is 5.91 Å². The van der Waals surface area contributed by atoms with E-state index in [1.165, 1.54) is 16.9 Å². The molecule has 2 N–H and O–H groups in total. The topological polar surface area (TPSA) is 93.0 Å². The maximum atomic E-state index is 12.8. The van der Waals surface area contributed by atoms with Gasteiger partial charge in [0, 0.05) is 18.9 Å². The standard InChI is InChI=1S/C15H19N3O5/c19-11-3-5-18-13(14(11)20)15(21)17(8-16-18)10-4-6-22-7-12(10)23-9-1-2-9/h3,5,9-10,12,16,20H,1-2,4,6-8H2. The molecule has 1 aliphatic carbocycles. The number of carbonyl (C=O) groups is 1. The Kier molecular flexibility index (Phi) is 3.50. The molecule has 2 atom stereocenters. The highest BCUT2D eigenvalue weighted by Crippen LogP contribution is 2.30. The summed E-state index contributed by atoms with van der Waals surface area (Å²) in [6, 6.07) is 1.09. The minimum absolute atomic E-state index is 0.0274. The van der Waals surface area contributed by atoms with E-state index in [1.54, 1.807) is 4.90 Å². The molecular weight excluding hydrogens is 302 g/mol. The Bertz CT molecular complexity index is 684. The van der Waals surface area contributed by atoms with E-state index in [2.05, 4.69) is 5.43 Å². The number of pyridine rings is 1. The van der Waals surface area contributed by atoms with E-state index in [0.717, 1.165) is 12.8 Å². The number of aromatic hydroxyl groups is 1. The number of amides is 1. The average molecular weight is 321 g/mol. The van der Waals surface area contributed by atoms with Crippen LogP contribution in [0.3, 0.4) is 0 Å². The first kappa shape index (κ1) is 14.5. The highest BCUT2D eigenvalue weighted by molar-refractivity contribution is 5.96. The van der Waals surface area contributed by atoms with Crippen molar-refractivity contribution >= 4 is 5.91 Å². The van der Waals surface area contributed by atoms with Crippen LogP contribution in [0.25, 0.3) is 0 Å². The van der Waals surface area contributed by atoms with Crippen molar-refractivity contribution < 1.29 is 19.4 Å². The van der Waals surface area contributed by atoms with E-state index < -0.39 is 11.2 Å². The van der Waals surface area contributed by atoms with Gasteiger partial charge in [0.2, 0.25) is 5.43 Å². The van der Waals surface area contributed by atoms with Crippen LogP contribution in [0.2, 0.25) is 0 Å². The molecule has 0 radical (unpaired) electrons. The minimum atomic E-state index is -0.564. The van der Waals surface area contributed by atoms with Crippen molar-refractivity contribution in [3.05, 3.63) is 28.2 Å². The molecular formula is C15H19N3O5. The van der Waals surface area contributed by atoms with Crippen molar-refractivity contribution in [2.45, 2.75) is 37.5 Å². The van der Waals surface area contributed by atoms with Crippen LogP contribution in [-0.2, 0) is 9.47 Å². The van der Waals surface area contributed by atoms with Crippen LogP contribution in [0.15, 0.2) is 17.1 Å². The van der Waals surface area contributed by atoms with Gasteiger partial charge in [-0.25, -0.2) is 0 Å². The van der Waals surface area contributed by atoms with Gasteiger partial charge < -0.3 is 24.9 Å². The Hall–Kier alpha value is -2.06. The van der Waals surface area contributed by atoms with Crippen LogP contribution in [0.1, 0.15) is 29.8 Å². The second kappa shape index (κ2) is 5.54. The predicted molar refractivity (Wildman–Crippen MR) is 79.9 cm³/mol. The summed E-state index contributed by atoms with van der Waals surface area (Å²) in [5.74, 6) is -0.892. The molecule has 0 spiro atoms. The Morgan fingerprint density at radius 3 is 2.91 bits per heavy atom. The number of nitrogens with one attached hydrogen (secondary N) is 1. The lowest BCUT2D eigenvalue weighted by Crippen LogP contribution is -2.57. The molecule has 8 nitrogen and oxygen atoms in total. The average Bonchev–Trinajstić information content (AvgIpc) is 3.36. The Labute approximate surface area is 132 Å². The van der Waals surface area contributed by atoms with Crippen LogP contribution < -0.4 is 10.9 Å². The maximum absolute atomic E-state index is 12.8. The molecule has 3 aliphatic rings. The summed E-state index contributed by atoms with van der Waals surface area (Å²) in [7, 11) is 0. The van der Waals surface area contributed by atoms with Crippen molar-refractivity contribution in [3.8, 4) is 5.75 Å². The van der Waals surface area contributed by atoms with E-state index >= 15 is 0 Å². The maximum Gasteiger partial charge on any atom is 0.278 e. The summed E-state index contributed by atoms with van der Waals surface area (Å²) >= 11 is 0. The lowest BCUT2D eigenvalue weighted by atomic mass is 10.0. The molecule has 0 aromatic carbocycles. The van der Waals surface area contributed by atoms with Crippen LogP contribution in [0.5, 0.6) is 5.75 Å². The molecule has 1 amide bonds. The van der Waals surface area contributed by atoms with Gasteiger partial charge in [-0.2, -0.15) is 0 Å². The fourth-order valence-electron chi connectivity index (χ4n) is 3.13. The van der Waals surface area contributed by atoms with Gasteiger partial charge in [0.15, 0.2) is 11.4 Å². The molecule has 2 unspecified atom stereocenters. The zero-order valence-corrected chi connectivity index (χ0v) is 12.6. The van der Waals surface area contributed by atoms with Gasteiger partial charge >= 0.3 is 0 Å². The number of aromatic nitrogens is 1. The van der Waals surface area contributed by atoms with Gasteiger partial charge in [0.05, 0.1) is 18.8 Å². The summed E-state index contributed by atoms with van der Waals surface area (Å²) in [4.78, 5) is 26.1. The molecule has 2 fully saturated rings. The summed E-state index contributed by atoms with van der Waals surface area (Å²) in [5.41, 5.74) is 2.43. The Balaban J connectivity index is 1.62. The second-order valence-corrected chi connectivity index (χ2v) is 6.14. The lowest BCUT2D eigenvalue weighted by molar-refractivity contribution is -0.0977. The quantitative estimate of drug-likeness (QED) is 0.804. The molecule has 4 rings (SSSR count). The predicted octanol–water partition coefficient (Wildman–Crippen LogP) is -0.153. The zero-order valence-electron chi connectivity index (χ0n) is 12.6. The van der Waals surface area contributed by atoms with Crippen molar-refractivity contribution in [2.75, 3.05) is 25.3 Å². The monoisotopic (exact) mass is 321 g/mol. The third-order valence-electron chi connectivity index (χ3n) is 4.51. The molecule has 124 valence electrons. The van der Waals surface area contributed by atoms with E-state index in [4.69, 9.17) is 9.47 Å². The van der Waals surface area contributed by atoms with Gasteiger partial charge in [-0.3, -0.25) is 14.3 Å². The summed E-state index contributed by atoms with van der Waals surface area (Å²) in [6.45, 7) is 1.31. The Morgan fingerprint density at radius 1 is 1.30 bits per heavy atom. The second-order valence-electron chi connectivity index (χ2n) is 6.14. The van der Waals surface area contributed by atoms with E-state index in [1.807, 2.05) is 0 Å². The molecule has 1 aromatic rings. The van der Waals surface area contributed by atoms with Gasteiger partial charge in [0.1, 0.15) is 12.8 Å². The molecule has 0 bridgehead atoms. The molecule has 23 heavy (non-hydrogen) atoms. The van der Waals surface area contributed by atoms with Crippen molar-refractivity contribution in [2.24, 2.45) is 0 Å². The first-order valence-electron chi connectivity index (χ1n) is 7.88. The first-order chi connectivity index (χ1) is 11.1. The minimum Gasteiger partial charge on any atom is -0.502 e. The number of fused-ring (bicyclic) bond motifs is 1. The molecule has 1 aromatic heterocycles. The third-order valence-corrected chi connectivity index (χ3v) is 4.51. The van der Waals surface area contributed by atoms with E-state index in [0.29, 0.717) is 26.3 Å². The normalized spacial score (nSPS) is 27.5. The summed E-state index contributed by atoms with van der Waals surface area (Å²) in [5, 5.41) is 9.97. The summed E-state index contributed by atoms with van der Waals surface area (Å²) < 4.78 is 12.9. The van der Waals surface area contributed by atoms with Crippen LogP contribution in [0.4, 0.5) is 0 Å². The largest absolute Gasteiger partial charge is 0.502 e. The molecule has 8 heteroatoms. The third kappa shape index (κ3) is 2.57. The lowest BCUT2D eigenvalue weighted by Gasteiger charge is -2.42. The highest BCUT2D eigenvalue weighted by Gasteiger charge is 2.40. The number of ether oxygens (including phenoxy) is 2. The van der Waals surface area contributed by atoms with Crippen LogP contribution >= 0.6 is 0 Å². The number of rotatable bonds is 3. The van der Waals surface area contributed by atoms with Gasteiger partial charge in [-0.05, 0) is 19.3 Å². The molecule has 3 heterocycles. The molecule has 2 aliphatic heterocycles. The zero-order chi connectivity index (χ0) is 16.0. The van der Waals surface area contributed by atoms with Crippen LogP contribution in [-0.4, -0.2) is 58.7 Å². The smallest absolute Gasteiger partial charge is 0.278 e. The van der Waals surface area contributed by atoms with Crippen molar-refractivity contribution in [1.29, 1.82) is 0 Å². The van der Waals surface area contributed by atoms with Gasteiger partial charge in [-0.1, -0.05) is 0 Å². The van der Waals surface area contributed by atoms with Crippen LogP contribution in [0, 0.1) is 0 Å².